The largest absolute Gasteiger partial charge is 0.482 e. The van der Waals surface area contributed by atoms with Gasteiger partial charge in [-0.05, 0) is 31.5 Å². The number of ether oxygens (including phenoxy) is 2. The molecule has 10 heteroatoms. The maximum Gasteiger partial charge on any atom is 0.166 e. The van der Waals surface area contributed by atoms with Crippen LogP contribution < -0.4 is 15.8 Å². The summed E-state index contributed by atoms with van der Waals surface area (Å²) in [6, 6.07) is 4.72. The van der Waals surface area contributed by atoms with Crippen LogP contribution in [-0.4, -0.2) is 40.1 Å². The number of rotatable bonds is 5. The second-order valence-corrected chi connectivity index (χ2v) is 9.13. The lowest BCUT2D eigenvalue weighted by molar-refractivity contribution is -0.0657. The third-order valence-corrected chi connectivity index (χ3v) is 6.79. The van der Waals surface area contributed by atoms with Gasteiger partial charge in [-0.25, -0.2) is 9.37 Å². The van der Waals surface area contributed by atoms with Crippen molar-refractivity contribution in [2.45, 2.75) is 31.0 Å². The summed E-state index contributed by atoms with van der Waals surface area (Å²) in [5.74, 6) is 0.00114. The predicted octanol–water partition coefficient (Wildman–Crippen LogP) is 4.42. The molecule has 32 heavy (non-hydrogen) atoms. The normalized spacial score (nSPS) is 20.3. The minimum atomic E-state index is -0.641. The van der Waals surface area contributed by atoms with Crippen molar-refractivity contribution < 1.29 is 13.9 Å². The van der Waals surface area contributed by atoms with Gasteiger partial charge >= 0.3 is 0 Å². The van der Waals surface area contributed by atoms with Gasteiger partial charge in [0.15, 0.2) is 11.6 Å². The van der Waals surface area contributed by atoms with Gasteiger partial charge in [0.1, 0.15) is 11.9 Å². The molecule has 2 fully saturated rings. The Labute approximate surface area is 194 Å². The first-order valence-corrected chi connectivity index (χ1v) is 11.0. The molecule has 0 radical (unpaired) electrons. The Hall–Kier alpha value is -2.39. The third-order valence-electron chi connectivity index (χ3n) is 6.08. The van der Waals surface area contributed by atoms with Crippen LogP contribution in [0.5, 0.6) is 5.75 Å². The molecule has 3 aromatic rings. The van der Waals surface area contributed by atoms with Crippen LogP contribution in [0.3, 0.4) is 0 Å². The number of aromatic nitrogens is 3. The van der Waals surface area contributed by atoms with E-state index in [1.165, 1.54) is 12.1 Å². The molecule has 0 amide bonds. The van der Waals surface area contributed by atoms with E-state index < -0.39 is 11.9 Å². The second-order valence-electron chi connectivity index (χ2n) is 8.35. The first-order chi connectivity index (χ1) is 15.3. The van der Waals surface area contributed by atoms with Gasteiger partial charge in [-0.15, -0.1) is 0 Å². The SMILES string of the molecule is C[C@@H](Oc1cc(-c2cnn(C3CNC4(COC4)C3)c2)cnc1N)c1c(Cl)ccc(F)c1Cl. The van der Waals surface area contributed by atoms with Crippen molar-refractivity contribution in [3.05, 3.63) is 58.2 Å². The fourth-order valence-corrected chi connectivity index (χ4v) is 4.92. The maximum atomic E-state index is 13.9. The Morgan fingerprint density at radius 1 is 1.31 bits per heavy atom. The summed E-state index contributed by atoms with van der Waals surface area (Å²) >= 11 is 12.3. The molecule has 2 aliphatic rings. The molecule has 2 aliphatic heterocycles. The Balaban J connectivity index is 1.37. The van der Waals surface area contributed by atoms with Gasteiger partial charge in [0.05, 0.1) is 36.0 Å². The van der Waals surface area contributed by atoms with E-state index in [1.807, 2.05) is 10.9 Å². The zero-order chi connectivity index (χ0) is 22.5. The molecule has 2 aromatic heterocycles. The average Bonchev–Trinajstić information content (AvgIpc) is 3.40. The molecule has 1 aromatic carbocycles. The fourth-order valence-electron chi connectivity index (χ4n) is 4.24. The van der Waals surface area contributed by atoms with E-state index in [4.69, 9.17) is 38.4 Å². The molecule has 0 aliphatic carbocycles. The van der Waals surface area contributed by atoms with Crippen molar-refractivity contribution in [3.63, 3.8) is 0 Å². The van der Waals surface area contributed by atoms with Crippen molar-refractivity contribution in [3.8, 4) is 16.9 Å². The number of nitrogens with zero attached hydrogens (tertiary/aromatic N) is 3. The molecule has 3 N–H and O–H groups in total. The molecular weight excluding hydrogens is 456 g/mol. The second kappa shape index (κ2) is 8.19. The monoisotopic (exact) mass is 477 g/mol. The lowest BCUT2D eigenvalue weighted by Gasteiger charge is -2.38. The van der Waals surface area contributed by atoms with Crippen LogP contribution in [0.4, 0.5) is 10.2 Å². The predicted molar refractivity (Wildman–Crippen MR) is 121 cm³/mol. The van der Waals surface area contributed by atoms with Gasteiger partial charge in [0.25, 0.3) is 0 Å². The number of pyridine rings is 1. The molecule has 2 saturated heterocycles. The number of nitrogens with one attached hydrogen (secondary N) is 1. The number of nitrogens with two attached hydrogens (primary N) is 1. The number of hydrogen-bond acceptors (Lipinski definition) is 6. The van der Waals surface area contributed by atoms with Crippen molar-refractivity contribution in [2.24, 2.45) is 0 Å². The summed E-state index contributed by atoms with van der Waals surface area (Å²) in [5.41, 5.74) is 8.18. The molecule has 7 nitrogen and oxygen atoms in total. The summed E-state index contributed by atoms with van der Waals surface area (Å²) in [7, 11) is 0. The van der Waals surface area contributed by atoms with E-state index in [0.717, 1.165) is 37.3 Å². The summed E-state index contributed by atoms with van der Waals surface area (Å²) in [5, 5.41) is 8.34. The molecule has 0 saturated carbocycles. The van der Waals surface area contributed by atoms with Crippen LogP contribution in [0.2, 0.25) is 10.0 Å². The fraction of sp³-hybridized carbons (Fsp3) is 0.364. The molecule has 1 spiro atoms. The Bertz CT molecular complexity index is 1170. The third kappa shape index (κ3) is 3.81. The van der Waals surface area contributed by atoms with Crippen LogP contribution in [0.1, 0.15) is 31.1 Å². The van der Waals surface area contributed by atoms with Crippen molar-refractivity contribution >= 4 is 29.0 Å². The standard InChI is InChI=1S/C22H22Cl2FN5O2/c1-12(19-16(23)2-3-17(25)20(19)24)32-18-4-13(6-27-21(18)26)14-7-29-30(9-14)15-5-22(28-8-15)10-31-11-22/h2-4,6-7,9,12,15,28H,5,8,10-11H2,1H3,(H2,26,27)/t12-,15?/m1/s1. The van der Waals surface area contributed by atoms with Crippen LogP contribution in [-0.2, 0) is 4.74 Å². The van der Waals surface area contributed by atoms with Crippen LogP contribution in [0.15, 0.2) is 36.8 Å². The Kier molecular flexibility index (Phi) is 5.49. The Morgan fingerprint density at radius 3 is 2.84 bits per heavy atom. The maximum absolute atomic E-state index is 13.9. The number of nitrogen functional groups attached to an aromatic ring is 1. The molecule has 1 unspecified atom stereocenters. The van der Waals surface area contributed by atoms with Gasteiger partial charge in [-0.1, -0.05) is 23.2 Å². The highest BCUT2D eigenvalue weighted by molar-refractivity contribution is 6.36. The van der Waals surface area contributed by atoms with Crippen molar-refractivity contribution in [2.75, 3.05) is 25.5 Å². The molecule has 5 rings (SSSR count). The molecule has 168 valence electrons. The summed E-state index contributed by atoms with van der Waals surface area (Å²) in [4.78, 5) is 4.26. The number of halogens is 3. The van der Waals surface area contributed by atoms with Crippen LogP contribution in [0.25, 0.3) is 11.1 Å². The number of anilines is 1. The minimum absolute atomic E-state index is 0.0752. The van der Waals surface area contributed by atoms with Gasteiger partial charge < -0.3 is 20.5 Å². The topological polar surface area (TPSA) is 87.2 Å². The number of hydrogen-bond donors (Lipinski definition) is 2. The highest BCUT2D eigenvalue weighted by atomic mass is 35.5. The first kappa shape index (κ1) is 21.5. The van der Waals surface area contributed by atoms with Gasteiger partial charge in [0, 0.05) is 40.7 Å². The van der Waals surface area contributed by atoms with E-state index in [1.54, 1.807) is 25.4 Å². The first-order valence-electron chi connectivity index (χ1n) is 10.3. The van der Waals surface area contributed by atoms with Crippen molar-refractivity contribution in [1.82, 2.24) is 20.1 Å². The molecule has 4 heterocycles. The summed E-state index contributed by atoms with van der Waals surface area (Å²) < 4.78 is 27.3. The summed E-state index contributed by atoms with van der Waals surface area (Å²) in [6.07, 6.45) is 5.80. The van der Waals surface area contributed by atoms with E-state index in [0.29, 0.717) is 16.3 Å². The quantitative estimate of drug-likeness (QED) is 0.529. The Morgan fingerprint density at radius 2 is 2.12 bits per heavy atom. The average molecular weight is 478 g/mol. The van der Waals surface area contributed by atoms with Crippen molar-refractivity contribution in [1.29, 1.82) is 0 Å². The molecular formula is C22H22Cl2FN5O2. The highest BCUT2D eigenvalue weighted by Gasteiger charge is 2.45. The molecule has 0 bridgehead atoms. The molecule has 2 atom stereocenters. The van der Waals surface area contributed by atoms with Crippen LogP contribution in [0, 0.1) is 5.82 Å². The van der Waals surface area contributed by atoms with Gasteiger partial charge in [-0.3, -0.25) is 4.68 Å². The van der Waals surface area contributed by atoms with E-state index >= 15 is 0 Å². The zero-order valence-electron chi connectivity index (χ0n) is 17.3. The number of benzene rings is 1. The smallest absolute Gasteiger partial charge is 0.166 e. The zero-order valence-corrected chi connectivity index (χ0v) is 18.8. The van der Waals surface area contributed by atoms with E-state index in [9.17, 15) is 4.39 Å². The van der Waals surface area contributed by atoms with Gasteiger partial charge in [0.2, 0.25) is 0 Å². The van der Waals surface area contributed by atoms with Gasteiger partial charge in [-0.2, -0.15) is 5.10 Å². The highest BCUT2D eigenvalue weighted by Crippen LogP contribution is 2.37. The minimum Gasteiger partial charge on any atom is -0.482 e. The van der Waals surface area contributed by atoms with E-state index in [2.05, 4.69) is 15.4 Å². The summed E-state index contributed by atoms with van der Waals surface area (Å²) in [6.45, 7) is 4.07. The van der Waals surface area contributed by atoms with E-state index in [-0.39, 0.29) is 22.4 Å². The lowest BCUT2D eigenvalue weighted by atomic mass is 9.94. The lowest BCUT2D eigenvalue weighted by Crippen LogP contribution is -2.56. The van der Waals surface area contributed by atoms with Crippen LogP contribution >= 0.6 is 23.2 Å².